The van der Waals surface area contributed by atoms with Gasteiger partial charge >= 0.3 is 5.97 Å². The van der Waals surface area contributed by atoms with Gasteiger partial charge in [0.25, 0.3) is 5.56 Å². The SMILES string of the molecule is CCOC(=O)C1=C(C)N=c2s/c(=C/c3ccc(Sc4nc5ccccc5[nH]4)o3)c(=O)n2[C@@H]1c1ccc(OC)c(Br)c1. The third-order valence-corrected chi connectivity index (χ3v) is 8.86. The molecule has 4 heterocycles. The van der Waals surface area contributed by atoms with Crippen molar-refractivity contribution >= 4 is 62.1 Å². The summed E-state index contributed by atoms with van der Waals surface area (Å²) >= 11 is 6.12. The molecule has 0 aliphatic carbocycles. The number of furan rings is 1. The van der Waals surface area contributed by atoms with Gasteiger partial charge in [0.05, 0.1) is 51.1 Å². The Morgan fingerprint density at radius 3 is 2.83 bits per heavy atom. The molecule has 0 spiro atoms. The summed E-state index contributed by atoms with van der Waals surface area (Å²) in [5.41, 5.74) is 3.05. The van der Waals surface area contributed by atoms with Crippen LogP contribution in [0.2, 0.25) is 0 Å². The van der Waals surface area contributed by atoms with E-state index >= 15 is 0 Å². The van der Waals surface area contributed by atoms with Crippen LogP contribution in [-0.4, -0.2) is 34.2 Å². The zero-order chi connectivity index (χ0) is 28.7. The summed E-state index contributed by atoms with van der Waals surface area (Å²) in [6.07, 6.45) is 1.69. The second kappa shape index (κ2) is 11.2. The van der Waals surface area contributed by atoms with Crippen LogP contribution in [0.4, 0.5) is 0 Å². The van der Waals surface area contributed by atoms with Crippen LogP contribution in [0.25, 0.3) is 17.1 Å². The summed E-state index contributed by atoms with van der Waals surface area (Å²) in [6, 6.07) is 16.2. The van der Waals surface area contributed by atoms with Crippen molar-refractivity contribution in [3.8, 4) is 5.75 Å². The van der Waals surface area contributed by atoms with Crippen molar-refractivity contribution in [1.29, 1.82) is 0 Å². The number of benzene rings is 2. The Morgan fingerprint density at radius 1 is 1.24 bits per heavy atom. The quantitative estimate of drug-likeness (QED) is 0.241. The van der Waals surface area contributed by atoms with E-state index in [1.54, 1.807) is 39.2 Å². The van der Waals surface area contributed by atoms with E-state index in [0.717, 1.165) is 11.0 Å². The minimum absolute atomic E-state index is 0.200. The van der Waals surface area contributed by atoms with Gasteiger partial charge in [0.15, 0.2) is 15.1 Å². The van der Waals surface area contributed by atoms with Crippen LogP contribution < -0.4 is 19.6 Å². The van der Waals surface area contributed by atoms with Crippen molar-refractivity contribution < 1.29 is 18.7 Å². The number of para-hydroxylation sites is 2. The molecular formula is C29H23BrN4O5S2. The molecule has 6 rings (SSSR count). The number of esters is 1. The van der Waals surface area contributed by atoms with Crippen LogP contribution in [-0.2, 0) is 9.53 Å². The summed E-state index contributed by atoms with van der Waals surface area (Å²) in [7, 11) is 1.58. The van der Waals surface area contributed by atoms with E-state index in [4.69, 9.17) is 13.9 Å². The lowest BCUT2D eigenvalue weighted by Crippen LogP contribution is -2.39. The fourth-order valence-electron chi connectivity index (χ4n) is 4.63. The number of halogens is 1. The van der Waals surface area contributed by atoms with E-state index in [1.807, 2.05) is 42.5 Å². The zero-order valence-corrected chi connectivity index (χ0v) is 25.4. The van der Waals surface area contributed by atoms with E-state index < -0.39 is 12.0 Å². The highest BCUT2D eigenvalue weighted by molar-refractivity contribution is 9.10. The van der Waals surface area contributed by atoms with Crippen molar-refractivity contribution in [1.82, 2.24) is 14.5 Å². The van der Waals surface area contributed by atoms with Crippen LogP contribution in [0.5, 0.6) is 5.75 Å². The highest BCUT2D eigenvalue weighted by Crippen LogP contribution is 2.35. The van der Waals surface area contributed by atoms with E-state index in [-0.39, 0.29) is 12.2 Å². The van der Waals surface area contributed by atoms with Gasteiger partial charge in [-0.3, -0.25) is 9.36 Å². The number of nitrogens with one attached hydrogen (secondary N) is 1. The number of thiazole rings is 1. The normalized spacial score (nSPS) is 15.2. The molecular weight excluding hydrogens is 628 g/mol. The molecule has 5 aromatic rings. The molecule has 0 fully saturated rings. The minimum atomic E-state index is -0.731. The first-order valence-corrected chi connectivity index (χ1v) is 15.0. The van der Waals surface area contributed by atoms with Gasteiger partial charge < -0.3 is 18.9 Å². The maximum Gasteiger partial charge on any atom is 0.338 e. The Balaban J connectivity index is 1.40. The predicted molar refractivity (Wildman–Crippen MR) is 160 cm³/mol. The Morgan fingerprint density at radius 2 is 2.07 bits per heavy atom. The van der Waals surface area contributed by atoms with Gasteiger partial charge in [-0.05, 0) is 83.5 Å². The van der Waals surface area contributed by atoms with Crippen LogP contribution in [0.1, 0.15) is 31.2 Å². The first kappa shape index (κ1) is 27.3. The summed E-state index contributed by atoms with van der Waals surface area (Å²) < 4.78 is 19.4. The smallest absolute Gasteiger partial charge is 0.338 e. The fourth-order valence-corrected chi connectivity index (χ4v) is 6.98. The monoisotopic (exact) mass is 650 g/mol. The molecule has 41 heavy (non-hydrogen) atoms. The lowest BCUT2D eigenvalue weighted by Gasteiger charge is -2.25. The van der Waals surface area contributed by atoms with Crippen LogP contribution >= 0.6 is 39.0 Å². The summed E-state index contributed by atoms with van der Waals surface area (Å²) in [6.45, 7) is 3.70. The van der Waals surface area contributed by atoms with Crippen LogP contribution in [0.15, 0.2) is 94.8 Å². The van der Waals surface area contributed by atoms with E-state index in [9.17, 15) is 9.59 Å². The molecule has 1 atom stereocenters. The molecule has 0 radical (unpaired) electrons. The van der Waals surface area contributed by atoms with Crippen molar-refractivity contribution in [2.45, 2.75) is 30.1 Å². The lowest BCUT2D eigenvalue weighted by molar-refractivity contribution is -0.139. The number of carbonyl (C=O) groups is 1. The molecule has 208 valence electrons. The fraction of sp³-hybridized carbons (Fsp3) is 0.172. The second-order valence-corrected chi connectivity index (χ2v) is 11.9. The molecule has 0 saturated heterocycles. The molecule has 1 aliphatic heterocycles. The van der Waals surface area contributed by atoms with E-state index in [0.29, 0.717) is 52.4 Å². The van der Waals surface area contributed by atoms with Gasteiger partial charge in [-0.1, -0.05) is 29.5 Å². The third kappa shape index (κ3) is 5.18. The molecule has 1 N–H and O–H groups in total. The standard InChI is InChI=1S/C29H23BrN4O5S2/c1-4-38-27(36)24-15(2)31-29-34(25(24)16-9-11-21(37-3)18(30)13-16)26(35)22(40-29)14-17-10-12-23(39-17)41-28-32-19-7-5-6-8-20(19)33-28/h5-14,25H,4H2,1-3H3,(H,32,33)/b22-14+/t25-/m1/s1. The van der Waals surface area contributed by atoms with Gasteiger partial charge in [0.1, 0.15) is 11.5 Å². The van der Waals surface area contributed by atoms with Gasteiger partial charge in [-0.25, -0.2) is 14.8 Å². The minimum Gasteiger partial charge on any atom is -0.496 e. The lowest BCUT2D eigenvalue weighted by atomic mass is 9.96. The highest BCUT2D eigenvalue weighted by Gasteiger charge is 2.33. The summed E-state index contributed by atoms with van der Waals surface area (Å²) in [4.78, 5) is 39.9. The zero-order valence-electron chi connectivity index (χ0n) is 22.1. The van der Waals surface area contributed by atoms with Crippen molar-refractivity contribution in [3.05, 3.63) is 101 Å². The number of fused-ring (bicyclic) bond motifs is 2. The third-order valence-electron chi connectivity index (χ3n) is 6.45. The van der Waals surface area contributed by atoms with Gasteiger partial charge in [0.2, 0.25) is 0 Å². The van der Waals surface area contributed by atoms with Crippen LogP contribution in [0, 0.1) is 0 Å². The number of hydrogen-bond acceptors (Lipinski definition) is 9. The first-order valence-electron chi connectivity index (χ1n) is 12.6. The summed E-state index contributed by atoms with van der Waals surface area (Å²) in [5, 5.41) is 1.34. The molecule has 3 aromatic heterocycles. The number of hydrogen-bond donors (Lipinski definition) is 1. The Labute approximate surface area is 250 Å². The number of imidazole rings is 1. The number of allylic oxidation sites excluding steroid dienone is 1. The van der Waals surface area contributed by atoms with Crippen LogP contribution in [0.3, 0.4) is 0 Å². The van der Waals surface area contributed by atoms with Gasteiger partial charge in [-0.15, -0.1) is 0 Å². The van der Waals surface area contributed by atoms with E-state index in [1.165, 1.54) is 27.7 Å². The average Bonchev–Trinajstić information content (AvgIpc) is 3.65. The van der Waals surface area contributed by atoms with Gasteiger partial charge in [0, 0.05) is 6.08 Å². The number of carbonyl (C=O) groups excluding carboxylic acids is 1. The second-order valence-electron chi connectivity index (χ2n) is 9.01. The number of rotatable bonds is 7. The Kier molecular flexibility index (Phi) is 7.45. The molecule has 0 unspecified atom stereocenters. The largest absolute Gasteiger partial charge is 0.496 e. The van der Waals surface area contributed by atoms with Crippen molar-refractivity contribution in [3.63, 3.8) is 0 Å². The topological polar surface area (TPSA) is 112 Å². The maximum absolute atomic E-state index is 13.8. The Hall–Kier alpha value is -3.87. The predicted octanol–water partition coefficient (Wildman–Crippen LogP) is 5.19. The first-order chi connectivity index (χ1) is 19.9. The molecule has 1 aliphatic rings. The number of nitrogens with zero attached hydrogens (tertiary/aromatic N) is 3. The highest BCUT2D eigenvalue weighted by atomic mass is 79.9. The summed E-state index contributed by atoms with van der Waals surface area (Å²) in [5.74, 6) is 0.630. The van der Waals surface area contributed by atoms with Crippen molar-refractivity contribution in [2.24, 2.45) is 4.99 Å². The maximum atomic E-state index is 13.8. The average molecular weight is 652 g/mol. The molecule has 2 aromatic carbocycles. The number of H-pyrrole nitrogens is 1. The molecule has 0 amide bonds. The van der Waals surface area contributed by atoms with Gasteiger partial charge in [-0.2, -0.15) is 0 Å². The number of ether oxygens (including phenoxy) is 2. The van der Waals surface area contributed by atoms with E-state index in [2.05, 4.69) is 30.9 Å². The van der Waals surface area contributed by atoms with Crippen molar-refractivity contribution in [2.75, 3.05) is 13.7 Å². The molecule has 0 saturated carbocycles. The Bertz CT molecular complexity index is 1990. The molecule has 9 nitrogen and oxygen atoms in total. The molecule has 12 heteroatoms. The molecule has 0 bridgehead atoms. The number of methoxy groups -OCH3 is 1. The number of aromatic amines is 1. The number of aromatic nitrogens is 3.